The lowest BCUT2D eigenvalue weighted by Crippen LogP contribution is -2.15. The van der Waals surface area contributed by atoms with Gasteiger partial charge in [-0.1, -0.05) is 142 Å². The second-order valence-electron chi connectivity index (χ2n) is 15.4. The first-order chi connectivity index (χ1) is 29.9. The molecule has 0 heterocycles. The van der Waals surface area contributed by atoms with Gasteiger partial charge in [0.15, 0.2) is 0 Å². The zero-order valence-corrected chi connectivity index (χ0v) is 39.4. The molecule has 0 aliphatic carbocycles. The Balaban J connectivity index is 3.06. The number of hydrogen-bond donors (Lipinski definition) is 0. The quantitative estimate of drug-likeness (QED) is 0.0543. The normalized spacial score (nSPS) is 11.7. The third kappa shape index (κ3) is 57.5. The summed E-state index contributed by atoms with van der Waals surface area (Å²) in [6, 6.07) is 0. The van der Waals surface area contributed by atoms with Gasteiger partial charge in [-0.25, -0.2) is 0 Å². The largest absolute Gasteiger partial charge is 0.379 e. The molecule has 0 bridgehead atoms. The first-order valence-corrected chi connectivity index (χ1v) is 24.8. The van der Waals surface area contributed by atoms with Gasteiger partial charge in [-0.05, 0) is 12.8 Å². The Morgan fingerprint density at radius 3 is 0.400 bits per heavy atom. The van der Waals surface area contributed by atoms with Gasteiger partial charge in [0.2, 0.25) is 0 Å². The van der Waals surface area contributed by atoms with Crippen LogP contribution in [-0.4, -0.2) is 159 Å². The summed E-state index contributed by atoms with van der Waals surface area (Å²) in [6.07, 6.45) is 29.8. The SMILES string of the molecule is CCCCCCCCCCCCCOCCOCCOCCOCCOCCOCCOCCOCCOCCOCCOCCOCCCCCCCCCCCCC. The molecule has 0 unspecified atom stereocenters. The maximum absolute atomic E-state index is 5.67. The molecule has 0 fully saturated rings. The van der Waals surface area contributed by atoms with Gasteiger partial charge in [-0.15, -0.1) is 0 Å². The van der Waals surface area contributed by atoms with Crippen molar-refractivity contribution in [2.24, 2.45) is 0 Å². The van der Waals surface area contributed by atoms with Crippen LogP contribution in [0.15, 0.2) is 0 Å². The van der Waals surface area contributed by atoms with E-state index in [1.165, 1.54) is 128 Å². The Kier molecular flexibility index (Phi) is 58.1. The second-order valence-corrected chi connectivity index (χ2v) is 15.4. The van der Waals surface area contributed by atoms with Gasteiger partial charge in [-0.2, -0.15) is 0 Å². The van der Waals surface area contributed by atoms with Gasteiger partial charge in [-0.3, -0.25) is 0 Å². The van der Waals surface area contributed by atoms with Gasteiger partial charge in [0.1, 0.15) is 0 Å². The van der Waals surface area contributed by atoms with Crippen LogP contribution in [0.2, 0.25) is 0 Å². The Bertz CT molecular complexity index is 665. The van der Waals surface area contributed by atoms with Gasteiger partial charge in [0, 0.05) is 13.2 Å². The van der Waals surface area contributed by atoms with E-state index in [1.54, 1.807) is 0 Å². The van der Waals surface area contributed by atoms with Crippen molar-refractivity contribution in [2.75, 3.05) is 159 Å². The van der Waals surface area contributed by atoms with Crippen LogP contribution in [0.25, 0.3) is 0 Å². The molecule has 12 nitrogen and oxygen atoms in total. The summed E-state index contributed by atoms with van der Waals surface area (Å²) in [6.45, 7) is 18.5. The fourth-order valence-corrected chi connectivity index (χ4v) is 6.26. The van der Waals surface area contributed by atoms with Crippen molar-refractivity contribution in [1.82, 2.24) is 0 Å². The third-order valence-electron chi connectivity index (χ3n) is 9.88. The maximum Gasteiger partial charge on any atom is 0.0701 e. The Labute approximate surface area is 369 Å². The van der Waals surface area contributed by atoms with Crippen LogP contribution in [-0.2, 0) is 56.8 Å². The van der Waals surface area contributed by atoms with E-state index in [2.05, 4.69) is 13.8 Å². The standard InChI is InChI=1S/C48H98O12/c1-3-5-7-9-11-13-15-17-19-21-23-25-49-27-29-51-31-33-53-35-37-55-39-41-57-43-45-59-47-48-60-46-44-58-42-40-56-38-36-54-34-32-52-30-28-50-26-24-22-20-18-16-14-12-10-8-6-4-2/h3-48H2,1-2H3. The van der Waals surface area contributed by atoms with Crippen molar-refractivity contribution in [1.29, 1.82) is 0 Å². The first kappa shape index (κ1) is 59.5. The van der Waals surface area contributed by atoms with Crippen LogP contribution in [0.5, 0.6) is 0 Å². The second kappa shape index (κ2) is 58.5. The minimum absolute atomic E-state index is 0.523. The van der Waals surface area contributed by atoms with E-state index in [9.17, 15) is 0 Å². The number of unbranched alkanes of at least 4 members (excludes halogenated alkanes) is 20. The van der Waals surface area contributed by atoms with Crippen molar-refractivity contribution in [2.45, 2.75) is 155 Å². The van der Waals surface area contributed by atoms with Gasteiger partial charge < -0.3 is 56.8 Å². The molecule has 0 aromatic carbocycles. The van der Waals surface area contributed by atoms with Crippen molar-refractivity contribution in [3.8, 4) is 0 Å². The molecule has 60 heavy (non-hydrogen) atoms. The van der Waals surface area contributed by atoms with Crippen LogP contribution in [0.4, 0.5) is 0 Å². The summed E-state index contributed by atoms with van der Waals surface area (Å²) in [7, 11) is 0. The predicted octanol–water partition coefficient (Wildman–Crippen LogP) is 9.81. The lowest BCUT2D eigenvalue weighted by molar-refractivity contribution is -0.0284. The molecule has 0 rings (SSSR count). The average molecular weight is 867 g/mol. The van der Waals surface area contributed by atoms with Crippen molar-refractivity contribution < 1.29 is 56.8 Å². The molecule has 0 N–H and O–H groups in total. The zero-order chi connectivity index (χ0) is 43.0. The van der Waals surface area contributed by atoms with Crippen LogP contribution in [0, 0.1) is 0 Å². The van der Waals surface area contributed by atoms with Crippen molar-refractivity contribution in [3.05, 3.63) is 0 Å². The summed E-state index contributed by atoms with van der Waals surface area (Å²) in [5.74, 6) is 0. The van der Waals surface area contributed by atoms with Crippen molar-refractivity contribution in [3.63, 3.8) is 0 Å². The van der Waals surface area contributed by atoms with Crippen LogP contribution in [0.1, 0.15) is 155 Å². The van der Waals surface area contributed by atoms with Crippen LogP contribution >= 0.6 is 0 Å². The van der Waals surface area contributed by atoms with E-state index in [0.717, 1.165) is 26.1 Å². The summed E-state index contributed by atoms with van der Waals surface area (Å²) in [4.78, 5) is 0. The summed E-state index contributed by atoms with van der Waals surface area (Å²) in [5, 5.41) is 0. The van der Waals surface area contributed by atoms with E-state index in [1.807, 2.05) is 0 Å². The topological polar surface area (TPSA) is 111 Å². The average Bonchev–Trinajstić information content (AvgIpc) is 3.26. The molecular weight excluding hydrogens is 769 g/mol. The highest BCUT2D eigenvalue weighted by Gasteiger charge is 1.99. The Hall–Kier alpha value is -0.480. The molecule has 0 saturated carbocycles. The molecule has 0 aromatic heterocycles. The van der Waals surface area contributed by atoms with E-state index in [4.69, 9.17) is 56.8 Å². The minimum atomic E-state index is 0.523. The summed E-state index contributed by atoms with van der Waals surface area (Å²) in [5.41, 5.74) is 0. The molecule has 0 atom stereocenters. The van der Waals surface area contributed by atoms with Gasteiger partial charge >= 0.3 is 0 Å². The van der Waals surface area contributed by atoms with Crippen LogP contribution < -0.4 is 0 Å². The summed E-state index contributed by atoms with van der Waals surface area (Å²) >= 11 is 0. The molecule has 0 aliphatic heterocycles. The fourth-order valence-electron chi connectivity index (χ4n) is 6.26. The molecule has 12 heteroatoms. The first-order valence-electron chi connectivity index (χ1n) is 24.8. The molecule has 0 aliphatic rings. The molecule has 0 spiro atoms. The zero-order valence-electron chi connectivity index (χ0n) is 39.4. The molecule has 0 saturated heterocycles. The fraction of sp³-hybridized carbons (Fsp3) is 1.00. The third-order valence-corrected chi connectivity index (χ3v) is 9.88. The smallest absolute Gasteiger partial charge is 0.0701 e. The number of ether oxygens (including phenoxy) is 12. The van der Waals surface area contributed by atoms with E-state index in [0.29, 0.717) is 145 Å². The molecule has 0 radical (unpaired) electrons. The number of hydrogen-bond acceptors (Lipinski definition) is 12. The van der Waals surface area contributed by atoms with E-state index in [-0.39, 0.29) is 0 Å². The molecule has 362 valence electrons. The lowest BCUT2D eigenvalue weighted by atomic mass is 10.1. The number of rotatable bonds is 57. The Morgan fingerprint density at radius 2 is 0.250 bits per heavy atom. The van der Waals surface area contributed by atoms with Crippen molar-refractivity contribution >= 4 is 0 Å². The molecule has 0 amide bonds. The monoisotopic (exact) mass is 867 g/mol. The Morgan fingerprint density at radius 1 is 0.133 bits per heavy atom. The van der Waals surface area contributed by atoms with Crippen LogP contribution in [0.3, 0.4) is 0 Å². The molecule has 0 aromatic rings. The minimum Gasteiger partial charge on any atom is -0.379 e. The summed E-state index contributed by atoms with van der Waals surface area (Å²) < 4.78 is 66.8. The molecular formula is C48H98O12. The van der Waals surface area contributed by atoms with E-state index >= 15 is 0 Å². The highest BCUT2D eigenvalue weighted by Crippen LogP contribution is 2.12. The van der Waals surface area contributed by atoms with E-state index < -0.39 is 0 Å². The predicted molar refractivity (Wildman–Crippen MR) is 243 cm³/mol. The maximum atomic E-state index is 5.67. The lowest BCUT2D eigenvalue weighted by Gasteiger charge is -2.09. The highest BCUT2D eigenvalue weighted by molar-refractivity contribution is 4.50. The highest BCUT2D eigenvalue weighted by atomic mass is 16.6. The van der Waals surface area contributed by atoms with Gasteiger partial charge in [0.05, 0.1) is 145 Å². The van der Waals surface area contributed by atoms with Gasteiger partial charge in [0.25, 0.3) is 0 Å².